The van der Waals surface area contributed by atoms with Gasteiger partial charge in [-0.05, 0) is 75.2 Å². The quantitative estimate of drug-likeness (QED) is 0.229. The number of anilines is 1. The number of para-hydroxylation sites is 1. The lowest BCUT2D eigenvalue weighted by molar-refractivity contribution is -0.136. The number of nitrogen functional groups attached to an aromatic ring is 1. The summed E-state index contributed by atoms with van der Waals surface area (Å²) in [5, 5.41) is 10.1. The third kappa shape index (κ3) is 6.22. The molecule has 1 atom stereocenters. The molecule has 0 aliphatic carbocycles. The number of carbonyl (C=O) groups excluding carboxylic acids is 2. The highest BCUT2D eigenvalue weighted by atomic mass is 16.5. The molecule has 2 fully saturated rings. The van der Waals surface area contributed by atoms with Crippen molar-refractivity contribution in [3.8, 4) is 23.3 Å². The van der Waals surface area contributed by atoms with E-state index in [4.69, 9.17) is 10.5 Å². The first-order valence-corrected chi connectivity index (χ1v) is 15.7. The van der Waals surface area contributed by atoms with Crippen molar-refractivity contribution < 1.29 is 14.3 Å². The summed E-state index contributed by atoms with van der Waals surface area (Å²) in [4.78, 5) is 49.9. The number of nitriles is 1. The van der Waals surface area contributed by atoms with E-state index in [0.717, 1.165) is 6.42 Å². The third-order valence-corrected chi connectivity index (χ3v) is 9.09. The Bertz CT molecular complexity index is 1940. The van der Waals surface area contributed by atoms with Crippen molar-refractivity contribution in [2.75, 3.05) is 39.0 Å². The summed E-state index contributed by atoms with van der Waals surface area (Å²) in [6.07, 6.45) is 4.64. The van der Waals surface area contributed by atoms with Crippen LogP contribution < -0.4 is 16.2 Å². The molecule has 2 saturated heterocycles. The van der Waals surface area contributed by atoms with Gasteiger partial charge in [0.2, 0.25) is 5.91 Å². The molecule has 2 aliphatic rings. The molecule has 0 bridgehead atoms. The Kier molecular flexibility index (Phi) is 8.58. The van der Waals surface area contributed by atoms with Gasteiger partial charge in [-0.1, -0.05) is 18.2 Å². The number of benzene rings is 2. The summed E-state index contributed by atoms with van der Waals surface area (Å²) in [7, 11) is 1.77. The number of likely N-dealkylation sites (tertiary alicyclic amines) is 1. The molecule has 0 saturated carbocycles. The van der Waals surface area contributed by atoms with Crippen molar-refractivity contribution in [1.82, 2.24) is 28.8 Å². The molecular formula is C35H38N8O4. The Hall–Kier alpha value is -5.41. The molecule has 2 N–H and O–H groups in total. The molecule has 6 rings (SSSR count). The first kappa shape index (κ1) is 31.6. The number of hydrogen-bond acceptors (Lipinski definition) is 8. The third-order valence-electron chi connectivity index (χ3n) is 9.09. The molecule has 12 nitrogen and oxygen atoms in total. The van der Waals surface area contributed by atoms with Gasteiger partial charge < -0.3 is 20.3 Å². The standard InChI is InChI=1S/C35H38N8O4/c1-35(2,40-19-18-39(3)30(44)23-40)20-24(21-36)33(45)41-17-7-8-26(41)22-42-29-15-16-38-32(37)31(29)43(34(42)46)25-11-13-28(14-12-25)47-27-9-5-4-6-10-27/h4-6,9-16,20,26H,7-8,17-19,22-23H2,1-3H3,(H2,37,38). The highest BCUT2D eigenvalue weighted by molar-refractivity contribution is 5.98. The van der Waals surface area contributed by atoms with Crippen LogP contribution in [0.3, 0.4) is 0 Å². The number of ether oxygens (including phenoxy) is 1. The van der Waals surface area contributed by atoms with Gasteiger partial charge in [0.15, 0.2) is 0 Å². The number of nitrogens with zero attached hydrogens (tertiary/aromatic N) is 7. The second-order valence-electron chi connectivity index (χ2n) is 12.6. The minimum absolute atomic E-state index is 0.000862. The maximum Gasteiger partial charge on any atom is 0.333 e. The predicted octanol–water partition coefficient (Wildman–Crippen LogP) is 3.56. The Morgan fingerprint density at radius 2 is 1.79 bits per heavy atom. The van der Waals surface area contributed by atoms with Gasteiger partial charge >= 0.3 is 5.69 Å². The maximum absolute atomic E-state index is 14.1. The highest BCUT2D eigenvalue weighted by Gasteiger charge is 2.36. The molecule has 47 heavy (non-hydrogen) atoms. The Labute approximate surface area is 272 Å². The number of carbonyl (C=O) groups is 2. The van der Waals surface area contributed by atoms with Crippen LogP contribution in [-0.2, 0) is 16.1 Å². The Morgan fingerprint density at radius 3 is 2.49 bits per heavy atom. The molecule has 4 heterocycles. The van der Waals surface area contributed by atoms with Crippen LogP contribution in [0.1, 0.15) is 26.7 Å². The fourth-order valence-electron chi connectivity index (χ4n) is 6.42. The van der Waals surface area contributed by atoms with E-state index in [1.807, 2.05) is 49.1 Å². The summed E-state index contributed by atoms with van der Waals surface area (Å²) < 4.78 is 9.09. The van der Waals surface area contributed by atoms with Crippen LogP contribution in [0.5, 0.6) is 11.5 Å². The second kappa shape index (κ2) is 12.8. The lowest BCUT2D eigenvalue weighted by Gasteiger charge is -2.41. The van der Waals surface area contributed by atoms with Crippen LogP contribution in [0.4, 0.5) is 5.82 Å². The number of piperazine rings is 1. The number of likely N-dealkylation sites (N-methyl/N-ethyl adjacent to an activating group) is 1. The summed E-state index contributed by atoms with van der Waals surface area (Å²) in [5.74, 6) is 1.15. The fraction of sp³-hybridized carbons (Fsp3) is 0.343. The molecule has 12 heteroatoms. The molecule has 4 aromatic rings. The molecule has 242 valence electrons. The van der Waals surface area contributed by atoms with E-state index >= 15 is 0 Å². The van der Waals surface area contributed by atoms with Crippen molar-refractivity contribution in [3.63, 3.8) is 0 Å². The van der Waals surface area contributed by atoms with Crippen molar-refractivity contribution in [2.45, 2.75) is 44.8 Å². The molecule has 0 radical (unpaired) electrons. The molecular weight excluding hydrogens is 596 g/mol. The van der Waals surface area contributed by atoms with E-state index in [-0.39, 0.29) is 48.0 Å². The summed E-state index contributed by atoms with van der Waals surface area (Å²) in [5.41, 5.74) is 7.03. The van der Waals surface area contributed by atoms with Crippen LogP contribution >= 0.6 is 0 Å². The van der Waals surface area contributed by atoms with Crippen molar-refractivity contribution in [1.29, 1.82) is 5.26 Å². The lowest BCUT2D eigenvalue weighted by Crippen LogP contribution is -2.55. The van der Waals surface area contributed by atoms with Crippen LogP contribution in [0.2, 0.25) is 0 Å². The number of hydrogen-bond donors (Lipinski definition) is 1. The molecule has 2 aliphatic heterocycles. The molecule has 0 spiro atoms. The van der Waals surface area contributed by atoms with Crippen LogP contribution in [0.15, 0.2) is 83.3 Å². The molecule has 1 unspecified atom stereocenters. The van der Waals surface area contributed by atoms with Crippen molar-refractivity contribution >= 4 is 28.7 Å². The monoisotopic (exact) mass is 634 g/mol. The maximum atomic E-state index is 14.1. The SMILES string of the molecule is CN1CCN(C(C)(C)C=C(C#N)C(=O)N2CCCC2Cn2c(=O)n(-c3ccc(Oc4ccccc4)cc3)c3c(N)nccc32)CC1=O. The van der Waals surface area contributed by atoms with E-state index < -0.39 is 5.54 Å². The minimum Gasteiger partial charge on any atom is -0.457 e. The van der Waals surface area contributed by atoms with E-state index in [1.54, 1.807) is 64.0 Å². The fourth-order valence-corrected chi connectivity index (χ4v) is 6.42. The topological polar surface area (TPSA) is 143 Å². The number of pyridine rings is 1. The van der Waals surface area contributed by atoms with Gasteiger partial charge in [0.05, 0.1) is 23.8 Å². The van der Waals surface area contributed by atoms with Crippen LogP contribution in [-0.4, -0.2) is 85.4 Å². The molecule has 2 aromatic carbocycles. The number of nitrogens with two attached hydrogens (primary N) is 1. The van der Waals surface area contributed by atoms with E-state index in [1.165, 1.54) is 4.57 Å². The number of amides is 2. The second-order valence-corrected chi connectivity index (χ2v) is 12.6. The van der Waals surface area contributed by atoms with E-state index in [0.29, 0.717) is 54.3 Å². The first-order chi connectivity index (χ1) is 22.6. The van der Waals surface area contributed by atoms with Gasteiger partial charge in [-0.15, -0.1) is 0 Å². The van der Waals surface area contributed by atoms with Gasteiger partial charge in [0, 0.05) is 45.0 Å². The zero-order chi connectivity index (χ0) is 33.3. The van der Waals surface area contributed by atoms with E-state index in [9.17, 15) is 19.6 Å². The Morgan fingerprint density at radius 1 is 1.06 bits per heavy atom. The summed E-state index contributed by atoms with van der Waals surface area (Å²) in [6.45, 7) is 5.94. The summed E-state index contributed by atoms with van der Waals surface area (Å²) in [6, 6.07) is 20.1. The van der Waals surface area contributed by atoms with Gasteiger partial charge in [-0.3, -0.25) is 23.6 Å². The normalized spacial score (nSPS) is 17.7. The summed E-state index contributed by atoms with van der Waals surface area (Å²) >= 11 is 0. The predicted molar refractivity (Wildman–Crippen MR) is 178 cm³/mol. The number of imidazole rings is 1. The Balaban J connectivity index is 1.28. The zero-order valence-corrected chi connectivity index (χ0v) is 26.8. The highest BCUT2D eigenvalue weighted by Crippen LogP contribution is 2.28. The van der Waals surface area contributed by atoms with Gasteiger partial charge in [0.25, 0.3) is 5.91 Å². The van der Waals surface area contributed by atoms with Gasteiger partial charge in [0.1, 0.15) is 34.5 Å². The number of aromatic nitrogens is 3. The van der Waals surface area contributed by atoms with Crippen molar-refractivity contribution in [3.05, 3.63) is 89.0 Å². The number of rotatable bonds is 8. The number of fused-ring (bicyclic) bond motifs is 1. The van der Waals surface area contributed by atoms with Crippen LogP contribution in [0, 0.1) is 11.3 Å². The van der Waals surface area contributed by atoms with Crippen LogP contribution in [0.25, 0.3) is 16.7 Å². The largest absolute Gasteiger partial charge is 0.457 e. The minimum atomic E-state index is -0.691. The first-order valence-electron chi connectivity index (χ1n) is 15.7. The average Bonchev–Trinajstić information content (AvgIpc) is 3.64. The van der Waals surface area contributed by atoms with Crippen molar-refractivity contribution in [2.24, 2.45) is 0 Å². The van der Waals surface area contributed by atoms with E-state index in [2.05, 4.69) is 11.1 Å². The molecule has 2 aromatic heterocycles. The smallest absolute Gasteiger partial charge is 0.333 e. The van der Waals surface area contributed by atoms with Gasteiger partial charge in [-0.2, -0.15) is 5.26 Å². The zero-order valence-electron chi connectivity index (χ0n) is 26.8. The average molecular weight is 635 g/mol. The lowest BCUT2D eigenvalue weighted by atomic mass is 9.97. The molecule has 2 amide bonds. The van der Waals surface area contributed by atoms with Gasteiger partial charge in [-0.25, -0.2) is 9.78 Å².